The van der Waals surface area contributed by atoms with Crippen LogP contribution in [0.15, 0.2) is 48.7 Å². The Balaban J connectivity index is 1.46. The van der Waals surface area contributed by atoms with Gasteiger partial charge in [-0.05, 0) is 61.2 Å². The van der Waals surface area contributed by atoms with Crippen molar-refractivity contribution in [1.29, 1.82) is 10.5 Å². The van der Waals surface area contributed by atoms with Crippen LogP contribution >= 0.6 is 0 Å². The van der Waals surface area contributed by atoms with Gasteiger partial charge in [0, 0.05) is 35.0 Å². The minimum absolute atomic E-state index is 0.221. The monoisotopic (exact) mass is 441 g/mol. The maximum absolute atomic E-state index is 12.8. The number of nitrogens with one attached hydrogen (secondary N) is 3. The summed E-state index contributed by atoms with van der Waals surface area (Å²) in [4.78, 5) is 29.9. The summed E-state index contributed by atoms with van der Waals surface area (Å²) in [6.45, 7) is 0.555. The number of carbonyl (C=O) groups excluding carboxylic acids is 2. The fourth-order valence-electron chi connectivity index (χ4n) is 4.09. The molecule has 0 bridgehead atoms. The zero-order valence-electron chi connectivity index (χ0n) is 17.8. The Morgan fingerprint density at radius 2 is 1.97 bits per heavy atom. The summed E-state index contributed by atoms with van der Waals surface area (Å²) in [5.74, 6) is -0.221. The van der Waals surface area contributed by atoms with Gasteiger partial charge < -0.3 is 26.3 Å². The molecule has 3 amide bonds. The molecule has 2 heterocycles. The Kier molecular flexibility index (Phi) is 6.25. The molecule has 166 valence electrons. The summed E-state index contributed by atoms with van der Waals surface area (Å²) in [7, 11) is 0. The van der Waals surface area contributed by atoms with Crippen LogP contribution < -0.4 is 16.4 Å². The molecule has 3 aromatic rings. The van der Waals surface area contributed by atoms with Crippen molar-refractivity contribution in [2.45, 2.75) is 31.3 Å². The molecule has 5 N–H and O–H groups in total. The first-order valence-corrected chi connectivity index (χ1v) is 10.6. The van der Waals surface area contributed by atoms with E-state index in [9.17, 15) is 14.9 Å². The average Bonchev–Trinajstić information content (AvgIpc) is 3.45. The number of benzene rings is 2. The Hall–Kier alpha value is -4.34. The number of aromatic nitrogens is 1. The van der Waals surface area contributed by atoms with Crippen LogP contribution in [0, 0.1) is 22.7 Å². The molecule has 9 heteroatoms. The van der Waals surface area contributed by atoms with E-state index in [2.05, 4.69) is 21.7 Å². The second-order valence-corrected chi connectivity index (χ2v) is 7.98. The van der Waals surface area contributed by atoms with Crippen LogP contribution in [0.25, 0.3) is 10.9 Å². The van der Waals surface area contributed by atoms with Crippen molar-refractivity contribution in [2.75, 3.05) is 17.2 Å². The number of nitrogens with two attached hydrogens (primary N) is 1. The molecule has 9 nitrogen and oxygen atoms in total. The number of hydrogen-bond acceptors (Lipinski definition) is 5. The van der Waals surface area contributed by atoms with Gasteiger partial charge in [0.25, 0.3) is 0 Å². The lowest BCUT2D eigenvalue weighted by Crippen LogP contribution is -2.46. The number of hydrogen-bond donors (Lipinski definition) is 4. The molecular formula is C24H23N7O2. The highest BCUT2D eigenvalue weighted by Crippen LogP contribution is 2.25. The van der Waals surface area contributed by atoms with E-state index >= 15 is 0 Å². The molecule has 0 radical (unpaired) electrons. The topological polar surface area (TPSA) is 151 Å². The molecular weight excluding hydrogens is 418 g/mol. The average molecular weight is 441 g/mol. The quantitative estimate of drug-likeness (QED) is 0.480. The normalized spacial score (nSPS) is 16.1. The van der Waals surface area contributed by atoms with Crippen LogP contribution in [0.1, 0.15) is 24.0 Å². The number of rotatable bonds is 5. The Morgan fingerprint density at radius 1 is 1.18 bits per heavy atom. The maximum Gasteiger partial charge on any atom is 0.323 e. The Morgan fingerprint density at radius 3 is 2.73 bits per heavy atom. The molecule has 1 aromatic heterocycles. The summed E-state index contributed by atoms with van der Waals surface area (Å²) < 4.78 is 0. The highest BCUT2D eigenvalue weighted by molar-refractivity contribution is 6.01. The van der Waals surface area contributed by atoms with Crippen LogP contribution in [0.3, 0.4) is 0 Å². The first kappa shape index (κ1) is 21.9. The third kappa shape index (κ3) is 4.79. The predicted octanol–water partition coefficient (Wildman–Crippen LogP) is 3.07. The zero-order chi connectivity index (χ0) is 23.4. The number of carbonyl (C=O) groups is 2. The lowest BCUT2D eigenvalue weighted by molar-refractivity contribution is -0.132. The number of likely N-dealkylation sites (tertiary alicyclic amines) is 1. The van der Waals surface area contributed by atoms with Gasteiger partial charge in [-0.25, -0.2) is 4.79 Å². The van der Waals surface area contributed by atoms with Gasteiger partial charge in [-0.2, -0.15) is 10.5 Å². The van der Waals surface area contributed by atoms with Gasteiger partial charge in [0.15, 0.2) is 0 Å². The number of amides is 3. The second-order valence-electron chi connectivity index (χ2n) is 7.98. The lowest BCUT2D eigenvalue weighted by Gasteiger charge is -2.23. The largest absolute Gasteiger partial charge is 0.361 e. The van der Waals surface area contributed by atoms with Gasteiger partial charge >= 0.3 is 6.03 Å². The number of fused-ring (bicyclic) bond motifs is 1. The number of urea groups is 1. The molecule has 1 aliphatic heterocycles. The van der Waals surface area contributed by atoms with Crippen LogP contribution in [-0.4, -0.2) is 40.5 Å². The molecule has 0 spiro atoms. The Labute approximate surface area is 190 Å². The van der Waals surface area contributed by atoms with Gasteiger partial charge in [0.05, 0.1) is 23.7 Å². The van der Waals surface area contributed by atoms with Crippen molar-refractivity contribution in [3.8, 4) is 12.1 Å². The number of nitrogens with zero attached hydrogens (tertiary/aromatic N) is 3. The van der Waals surface area contributed by atoms with Crippen molar-refractivity contribution in [3.05, 3.63) is 59.8 Å². The zero-order valence-corrected chi connectivity index (χ0v) is 17.8. The van der Waals surface area contributed by atoms with Gasteiger partial charge in [-0.3, -0.25) is 4.79 Å². The van der Waals surface area contributed by atoms with Gasteiger partial charge in [-0.15, -0.1) is 0 Å². The molecule has 4 rings (SSSR count). The number of nitriles is 2. The third-order valence-electron chi connectivity index (χ3n) is 5.72. The van der Waals surface area contributed by atoms with E-state index in [1.165, 1.54) is 0 Å². The Bertz CT molecular complexity index is 1280. The van der Waals surface area contributed by atoms with E-state index in [4.69, 9.17) is 11.0 Å². The molecule has 1 aliphatic rings. The maximum atomic E-state index is 12.8. The van der Waals surface area contributed by atoms with Gasteiger partial charge in [0.2, 0.25) is 5.91 Å². The van der Waals surface area contributed by atoms with Crippen molar-refractivity contribution >= 4 is 34.2 Å². The lowest BCUT2D eigenvalue weighted by atomic mass is 10.0. The second kappa shape index (κ2) is 9.43. The van der Waals surface area contributed by atoms with Crippen LogP contribution in [0.2, 0.25) is 0 Å². The highest BCUT2D eigenvalue weighted by Gasteiger charge is 2.31. The van der Waals surface area contributed by atoms with E-state index in [1.807, 2.05) is 18.2 Å². The predicted molar refractivity (Wildman–Crippen MR) is 124 cm³/mol. The van der Waals surface area contributed by atoms with Crippen molar-refractivity contribution in [3.63, 3.8) is 0 Å². The summed E-state index contributed by atoms with van der Waals surface area (Å²) in [6.07, 6.45) is 3.60. The first-order valence-electron chi connectivity index (χ1n) is 10.6. The summed E-state index contributed by atoms with van der Waals surface area (Å²) in [6, 6.07) is 14.6. The van der Waals surface area contributed by atoms with Crippen LogP contribution in [0.4, 0.5) is 16.2 Å². The minimum atomic E-state index is -0.759. The van der Waals surface area contributed by atoms with Crippen molar-refractivity contribution < 1.29 is 9.59 Å². The SMILES string of the molecule is N#Cc1cccc(NC(=O)Nc2ccc3[nH]cc(CC(N)C(=O)N4CCCC4C#N)c3c2)c1. The summed E-state index contributed by atoms with van der Waals surface area (Å²) in [5, 5.41) is 24.6. The molecule has 0 saturated carbocycles. The van der Waals surface area contributed by atoms with Gasteiger partial charge in [-0.1, -0.05) is 6.07 Å². The van der Waals surface area contributed by atoms with Crippen molar-refractivity contribution in [2.24, 2.45) is 5.73 Å². The number of H-pyrrole nitrogens is 1. The van der Waals surface area contributed by atoms with E-state index < -0.39 is 18.1 Å². The molecule has 2 aromatic carbocycles. The van der Waals surface area contributed by atoms with Crippen LogP contribution in [0.5, 0.6) is 0 Å². The standard InChI is InChI=1S/C24H23N7O2/c25-12-15-3-1-4-17(9-15)29-24(33)30-18-6-7-22-20(11-18)16(14-28-22)10-21(27)23(32)31-8-2-5-19(31)13-26/h1,3-4,6-7,9,11,14,19,21,28H,2,5,8,10,27H2,(H2,29,30,33). The number of aromatic amines is 1. The van der Waals surface area contributed by atoms with Crippen molar-refractivity contribution in [1.82, 2.24) is 9.88 Å². The molecule has 2 atom stereocenters. The van der Waals surface area contributed by atoms with Gasteiger partial charge in [0.1, 0.15) is 6.04 Å². The number of anilines is 2. The fourth-order valence-corrected chi connectivity index (χ4v) is 4.09. The summed E-state index contributed by atoms with van der Waals surface area (Å²) in [5.41, 5.74) is 9.45. The molecule has 1 fully saturated rings. The smallest absolute Gasteiger partial charge is 0.323 e. The van der Waals surface area contributed by atoms with Crippen LogP contribution in [-0.2, 0) is 11.2 Å². The highest BCUT2D eigenvalue weighted by atomic mass is 16.2. The van der Waals surface area contributed by atoms with E-state index in [0.29, 0.717) is 36.3 Å². The van der Waals surface area contributed by atoms with E-state index in [-0.39, 0.29) is 5.91 Å². The molecule has 0 aliphatic carbocycles. The fraction of sp³-hybridized carbons (Fsp3) is 0.250. The first-order chi connectivity index (χ1) is 16.0. The molecule has 1 saturated heterocycles. The summed E-state index contributed by atoms with van der Waals surface area (Å²) >= 11 is 0. The molecule has 33 heavy (non-hydrogen) atoms. The third-order valence-corrected chi connectivity index (χ3v) is 5.72. The van der Waals surface area contributed by atoms with E-state index in [1.54, 1.807) is 41.4 Å². The molecule has 2 unspecified atom stereocenters. The van der Waals surface area contributed by atoms with E-state index in [0.717, 1.165) is 22.9 Å². The minimum Gasteiger partial charge on any atom is -0.361 e.